The molecule has 0 radical (unpaired) electrons. The Labute approximate surface area is 102 Å². The van der Waals surface area contributed by atoms with Gasteiger partial charge in [-0.1, -0.05) is 13.3 Å². The minimum absolute atomic E-state index is 0.0108. The molecule has 1 rings (SSSR count). The molecule has 0 fully saturated rings. The molecule has 1 aromatic rings. The minimum atomic E-state index is -1.51. The number of ether oxygens (including phenoxy) is 1. The number of carbonyl (C=O) groups is 1. The quantitative estimate of drug-likeness (QED) is 0.353. The fourth-order valence-electron chi connectivity index (χ4n) is 1.25. The molecular formula is C11H11F2NO4. The van der Waals surface area contributed by atoms with Crippen LogP contribution in [0.1, 0.15) is 30.1 Å². The summed E-state index contributed by atoms with van der Waals surface area (Å²) in [7, 11) is 0. The number of benzene rings is 1. The number of nitrogens with zero attached hydrogens (tertiary/aromatic N) is 1. The van der Waals surface area contributed by atoms with Crippen LogP contribution in [-0.2, 0) is 4.74 Å². The first-order valence-electron chi connectivity index (χ1n) is 5.28. The van der Waals surface area contributed by atoms with Crippen molar-refractivity contribution in [2.45, 2.75) is 19.8 Å². The van der Waals surface area contributed by atoms with Crippen molar-refractivity contribution in [1.82, 2.24) is 0 Å². The Kier molecular flexibility index (Phi) is 4.70. The van der Waals surface area contributed by atoms with Crippen molar-refractivity contribution in [1.29, 1.82) is 0 Å². The lowest BCUT2D eigenvalue weighted by Gasteiger charge is -2.06. The highest BCUT2D eigenvalue weighted by Gasteiger charge is 2.27. The average Bonchev–Trinajstić information content (AvgIpc) is 2.28. The molecule has 7 heteroatoms. The van der Waals surface area contributed by atoms with Crippen LogP contribution in [0.4, 0.5) is 14.5 Å². The van der Waals surface area contributed by atoms with Crippen molar-refractivity contribution in [2.24, 2.45) is 0 Å². The van der Waals surface area contributed by atoms with E-state index >= 15 is 0 Å². The average molecular weight is 259 g/mol. The summed E-state index contributed by atoms with van der Waals surface area (Å²) in [6, 6.07) is 1.32. The minimum Gasteiger partial charge on any atom is -0.462 e. The van der Waals surface area contributed by atoms with Crippen LogP contribution in [0.5, 0.6) is 0 Å². The Hall–Kier alpha value is -2.05. The van der Waals surface area contributed by atoms with Gasteiger partial charge in [-0.15, -0.1) is 0 Å². The third-order valence-corrected chi connectivity index (χ3v) is 2.20. The third-order valence-electron chi connectivity index (χ3n) is 2.20. The normalized spacial score (nSPS) is 10.2. The van der Waals surface area contributed by atoms with E-state index in [4.69, 9.17) is 0 Å². The molecule has 0 aliphatic rings. The summed E-state index contributed by atoms with van der Waals surface area (Å²) in [5, 5.41) is 10.5. The molecule has 0 saturated heterocycles. The molecule has 0 heterocycles. The number of nitro groups is 1. The lowest BCUT2D eigenvalue weighted by Crippen LogP contribution is -2.12. The molecule has 18 heavy (non-hydrogen) atoms. The van der Waals surface area contributed by atoms with E-state index < -0.39 is 33.8 Å². The van der Waals surface area contributed by atoms with Gasteiger partial charge in [-0.3, -0.25) is 10.1 Å². The largest absolute Gasteiger partial charge is 0.462 e. The maximum absolute atomic E-state index is 13.6. The van der Waals surface area contributed by atoms with Crippen LogP contribution in [0.3, 0.4) is 0 Å². The summed E-state index contributed by atoms with van der Waals surface area (Å²) in [6.07, 6.45) is 1.29. The fraction of sp³-hybridized carbons (Fsp3) is 0.364. The maximum Gasteiger partial charge on any atom is 0.344 e. The maximum atomic E-state index is 13.6. The Bertz CT molecular complexity index is 476. The number of hydrogen-bond donors (Lipinski definition) is 0. The lowest BCUT2D eigenvalue weighted by molar-refractivity contribution is -0.387. The predicted octanol–water partition coefficient (Wildman–Crippen LogP) is 2.83. The van der Waals surface area contributed by atoms with E-state index in [0.717, 1.165) is 6.42 Å². The number of carbonyl (C=O) groups excluding carboxylic acids is 1. The van der Waals surface area contributed by atoms with E-state index in [1.54, 1.807) is 0 Å². The van der Waals surface area contributed by atoms with Gasteiger partial charge in [0.05, 0.1) is 11.5 Å². The third kappa shape index (κ3) is 2.99. The molecule has 0 N–H and O–H groups in total. The monoisotopic (exact) mass is 259 g/mol. The molecule has 0 spiro atoms. The zero-order valence-electron chi connectivity index (χ0n) is 9.61. The van der Waals surface area contributed by atoms with Gasteiger partial charge in [0.15, 0.2) is 0 Å². The molecule has 0 unspecified atom stereocenters. The van der Waals surface area contributed by atoms with E-state index in [2.05, 4.69) is 4.74 Å². The number of unbranched alkanes of at least 4 members (excludes halogenated alkanes) is 1. The summed E-state index contributed by atoms with van der Waals surface area (Å²) in [5.41, 5.74) is -1.99. The first-order valence-corrected chi connectivity index (χ1v) is 5.28. The molecule has 0 bridgehead atoms. The highest BCUT2D eigenvalue weighted by Crippen LogP contribution is 2.23. The van der Waals surface area contributed by atoms with Crippen molar-refractivity contribution in [3.8, 4) is 0 Å². The highest BCUT2D eigenvalue weighted by molar-refractivity contribution is 5.90. The second kappa shape index (κ2) is 6.04. The van der Waals surface area contributed by atoms with Crippen LogP contribution in [0.25, 0.3) is 0 Å². The van der Waals surface area contributed by atoms with Crippen LogP contribution in [0.2, 0.25) is 0 Å². The Morgan fingerprint density at radius 3 is 2.67 bits per heavy atom. The molecule has 0 amide bonds. The van der Waals surface area contributed by atoms with E-state index in [9.17, 15) is 23.7 Å². The zero-order chi connectivity index (χ0) is 13.7. The van der Waals surface area contributed by atoms with Crippen LogP contribution in [0.15, 0.2) is 12.1 Å². The molecule has 98 valence electrons. The number of halogens is 2. The second-order valence-electron chi connectivity index (χ2n) is 3.50. The molecule has 0 saturated carbocycles. The molecule has 0 aliphatic carbocycles. The van der Waals surface area contributed by atoms with Crippen LogP contribution in [-0.4, -0.2) is 17.5 Å². The van der Waals surface area contributed by atoms with Gasteiger partial charge in [0, 0.05) is 6.07 Å². The summed E-state index contributed by atoms with van der Waals surface area (Å²) >= 11 is 0. The van der Waals surface area contributed by atoms with Gasteiger partial charge in [0.2, 0.25) is 5.82 Å². The van der Waals surface area contributed by atoms with Crippen molar-refractivity contribution >= 4 is 11.7 Å². The lowest BCUT2D eigenvalue weighted by atomic mass is 10.1. The number of hydrogen-bond acceptors (Lipinski definition) is 4. The van der Waals surface area contributed by atoms with Crippen molar-refractivity contribution in [3.05, 3.63) is 39.4 Å². The van der Waals surface area contributed by atoms with Crippen molar-refractivity contribution in [2.75, 3.05) is 6.61 Å². The zero-order valence-corrected chi connectivity index (χ0v) is 9.61. The second-order valence-corrected chi connectivity index (χ2v) is 3.50. The Balaban J connectivity index is 3.03. The van der Waals surface area contributed by atoms with Crippen LogP contribution in [0, 0.1) is 21.7 Å². The van der Waals surface area contributed by atoms with Crippen molar-refractivity contribution < 1.29 is 23.2 Å². The Morgan fingerprint density at radius 1 is 1.44 bits per heavy atom. The molecule has 0 atom stereocenters. The summed E-state index contributed by atoms with van der Waals surface area (Å²) < 4.78 is 31.5. The first kappa shape index (κ1) is 14.0. The van der Waals surface area contributed by atoms with Gasteiger partial charge in [-0.2, -0.15) is 4.39 Å². The molecule has 0 aliphatic heterocycles. The molecule has 0 aromatic heterocycles. The predicted molar refractivity (Wildman–Crippen MR) is 58.2 cm³/mol. The van der Waals surface area contributed by atoms with E-state index in [0.29, 0.717) is 18.6 Å². The van der Waals surface area contributed by atoms with Gasteiger partial charge >= 0.3 is 11.7 Å². The molecular weight excluding hydrogens is 248 g/mol. The summed E-state index contributed by atoms with van der Waals surface area (Å²) in [5.74, 6) is -3.93. The summed E-state index contributed by atoms with van der Waals surface area (Å²) in [6.45, 7) is 1.86. The smallest absolute Gasteiger partial charge is 0.344 e. The van der Waals surface area contributed by atoms with Gasteiger partial charge in [0.1, 0.15) is 11.4 Å². The first-order chi connectivity index (χ1) is 8.49. The standard InChI is InChI=1S/C11H11F2NO4/c1-2-3-6-18-11(15)9-7(12)4-5-8(10(9)13)14(16)17/h4-5H,2-3,6H2,1H3. The van der Waals surface area contributed by atoms with Crippen LogP contribution >= 0.6 is 0 Å². The topological polar surface area (TPSA) is 69.4 Å². The number of rotatable bonds is 5. The molecule has 1 aromatic carbocycles. The highest BCUT2D eigenvalue weighted by atomic mass is 19.1. The Morgan fingerprint density at radius 2 is 2.11 bits per heavy atom. The number of esters is 1. The van der Waals surface area contributed by atoms with Crippen molar-refractivity contribution in [3.63, 3.8) is 0 Å². The van der Waals surface area contributed by atoms with Gasteiger partial charge in [0.25, 0.3) is 0 Å². The fourth-order valence-corrected chi connectivity index (χ4v) is 1.25. The molecule has 5 nitrogen and oxygen atoms in total. The van der Waals surface area contributed by atoms with E-state index in [1.165, 1.54) is 0 Å². The SMILES string of the molecule is CCCCOC(=O)c1c(F)ccc([N+](=O)[O-])c1F. The van der Waals surface area contributed by atoms with Gasteiger partial charge < -0.3 is 4.74 Å². The number of nitro benzene ring substituents is 1. The van der Waals surface area contributed by atoms with Crippen LogP contribution < -0.4 is 0 Å². The van der Waals surface area contributed by atoms with Gasteiger partial charge in [-0.05, 0) is 12.5 Å². The van der Waals surface area contributed by atoms with E-state index in [-0.39, 0.29) is 6.61 Å². The summed E-state index contributed by atoms with van der Waals surface area (Å²) in [4.78, 5) is 20.8. The van der Waals surface area contributed by atoms with Gasteiger partial charge in [-0.25, -0.2) is 9.18 Å². The van der Waals surface area contributed by atoms with E-state index in [1.807, 2.05) is 6.92 Å².